The molecule has 138 valence electrons. The highest BCUT2D eigenvalue weighted by Gasteiger charge is 2.26. The third-order valence-electron chi connectivity index (χ3n) is 4.68. The highest BCUT2D eigenvalue weighted by molar-refractivity contribution is 5.32. The van der Waals surface area contributed by atoms with Crippen LogP contribution in [0.5, 0.6) is 0 Å². The van der Waals surface area contributed by atoms with Crippen molar-refractivity contribution < 1.29 is 19.0 Å². The Balaban J connectivity index is 1.80. The molecule has 2 aromatic carbocycles. The van der Waals surface area contributed by atoms with Crippen molar-refractivity contribution in [2.24, 2.45) is 0 Å². The maximum Gasteiger partial charge on any atom is 0.140 e. The predicted molar refractivity (Wildman–Crippen MR) is 96.0 cm³/mol. The quantitative estimate of drug-likeness (QED) is 0.800. The van der Waals surface area contributed by atoms with E-state index in [1.807, 2.05) is 4.90 Å². The van der Waals surface area contributed by atoms with Gasteiger partial charge in [-0.2, -0.15) is 0 Å². The van der Waals surface area contributed by atoms with Crippen LogP contribution in [0.1, 0.15) is 17.2 Å². The van der Waals surface area contributed by atoms with E-state index in [-0.39, 0.29) is 23.4 Å². The molecular weight excluding hydrogens is 338 g/mol. The number of benzene rings is 2. The van der Waals surface area contributed by atoms with Crippen molar-refractivity contribution in [1.82, 2.24) is 9.80 Å². The Morgan fingerprint density at radius 2 is 1.35 bits per heavy atom. The average molecular weight is 360 g/mol. The molecule has 0 amide bonds. The van der Waals surface area contributed by atoms with E-state index in [2.05, 4.69) is 4.90 Å². The molecule has 1 saturated heterocycles. The normalized spacial score (nSPS) is 17.0. The second-order valence-electron chi connectivity index (χ2n) is 6.44. The summed E-state index contributed by atoms with van der Waals surface area (Å²) in [6, 6.07) is 12.7. The lowest BCUT2D eigenvalue weighted by molar-refractivity contribution is 0.106. The van der Waals surface area contributed by atoms with E-state index in [4.69, 9.17) is 5.11 Å². The summed E-state index contributed by atoms with van der Waals surface area (Å²) in [6.45, 7) is 3.21. The first-order valence-corrected chi connectivity index (χ1v) is 8.56. The van der Waals surface area contributed by atoms with Crippen LogP contribution >= 0.6 is 0 Å². The Morgan fingerprint density at radius 3 is 1.77 bits per heavy atom. The van der Waals surface area contributed by atoms with E-state index < -0.39 is 0 Å². The number of rotatable bonds is 5. The van der Waals surface area contributed by atoms with Crippen molar-refractivity contribution in [3.63, 3.8) is 0 Å². The number of aliphatic hydroxyl groups is 2. The van der Waals surface area contributed by atoms with Gasteiger partial charge in [-0.05, 0) is 35.4 Å². The molecule has 1 aliphatic heterocycles. The Labute approximate surface area is 151 Å². The molecule has 0 saturated carbocycles. The fourth-order valence-corrected chi connectivity index (χ4v) is 3.35. The van der Waals surface area contributed by atoms with Gasteiger partial charge in [0, 0.05) is 26.2 Å². The van der Waals surface area contributed by atoms with Gasteiger partial charge in [0.15, 0.2) is 0 Å². The SMILES string of the molecule is O/C=C(/O)CN1CCN(C(c2ccc(F)cc2)c2ccc(F)cc2)CC1. The lowest BCUT2D eigenvalue weighted by atomic mass is 9.96. The number of halogens is 2. The molecule has 2 N–H and O–H groups in total. The molecule has 0 aromatic heterocycles. The lowest BCUT2D eigenvalue weighted by Gasteiger charge is -2.39. The maximum atomic E-state index is 13.3. The number of hydrogen-bond donors (Lipinski definition) is 2. The first kappa shape index (κ1) is 18.4. The summed E-state index contributed by atoms with van der Waals surface area (Å²) in [4.78, 5) is 4.31. The largest absolute Gasteiger partial charge is 0.512 e. The van der Waals surface area contributed by atoms with Crippen molar-refractivity contribution in [3.05, 3.63) is 83.3 Å². The molecule has 26 heavy (non-hydrogen) atoms. The van der Waals surface area contributed by atoms with Gasteiger partial charge in [-0.15, -0.1) is 0 Å². The van der Waals surface area contributed by atoms with Crippen LogP contribution in [0.2, 0.25) is 0 Å². The fourth-order valence-electron chi connectivity index (χ4n) is 3.35. The van der Waals surface area contributed by atoms with Gasteiger partial charge in [0.2, 0.25) is 0 Å². The molecule has 4 nitrogen and oxygen atoms in total. The summed E-state index contributed by atoms with van der Waals surface area (Å²) in [5.41, 5.74) is 1.90. The van der Waals surface area contributed by atoms with Crippen molar-refractivity contribution in [1.29, 1.82) is 0 Å². The molecule has 1 aliphatic rings. The number of piperazine rings is 1. The molecule has 0 aliphatic carbocycles. The minimum atomic E-state index is -0.289. The number of aliphatic hydroxyl groups excluding tert-OH is 2. The minimum Gasteiger partial charge on any atom is -0.512 e. The third kappa shape index (κ3) is 4.39. The van der Waals surface area contributed by atoms with E-state index in [0.717, 1.165) is 37.3 Å². The molecule has 0 radical (unpaired) electrons. The van der Waals surface area contributed by atoms with Crippen molar-refractivity contribution in [2.75, 3.05) is 32.7 Å². The molecule has 0 unspecified atom stereocenters. The number of nitrogens with zero attached hydrogens (tertiary/aromatic N) is 2. The molecule has 1 heterocycles. The van der Waals surface area contributed by atoms with Gasteiger partial charge >= 0.3 is 0 Å². The second-order valence-corrected chi connectivity index (χ2v) is 6.44. The summed E-state index contributed by atoms with van der Waals surface area (Å²) in [6.07, 6.45) is 0.714. The summed E-state index contributed by atoms with van der Waals surface area (Å²) in [5.74, 6) is -0.641. The van der Waals surface area contributed by atoms with Crippen LogP contribution < -0.4 is 0 Å². The van der Waals surface area contributed by atoms with Crippen molar-refractivity contribution in [2.45, 2.75) is 6.04 Å². The number of hydrogen-bond acceptors (Lipinski definition) is 4. The zero-order chi connectivity index (χ0) is 18.5. The first-order chi connectivity index (χ1) is 12.6. The molecule has 0 spiro atoms. The van der Waals surface area contributed by atoms with Gasteiger partial charge in [-0.1, -0.05) is 24.3 Å². The van der Waals surface area contributed by atoms with E-state index in [1.165, 1.54) is 24.3 Å². The molecule has 6 heteroatoms. The molecular formula is C20H22F2N2O2. The Kier molecular flexibility index (Phi) is 5.85. The van der Waals surface area contributed by atoms with E-state index in [1.54, 1.807) is 24.3 Å². The molecule has 1 fully saturated rings. The monoisotopic (exact) mass is 360 g/mol. The van der Waals surface area contributed by atoms with E-state index in [0.29, 0.717) is 12.8 Å². The standard InChI is InChI=1S/C20H22F2N2O2/c21-17-5-1-15(2-6-17)20(16-3-7-18(22)8-4-16)24-11-9-23(10-12-24)13-19(26)14-25/h1-8,14,20,25-26H,9-13H2/b19-14+. The van der Waals surface area contributed by atoms with E-state index in [9.17, 15) is 13.9 Å². The minimum absolute atomic E-state index is 0.0629. The van der Waals surface area contributed by atoms with Gasteiger partial charge in [-0.3, -0.25) is 9.80 Å². The zero-order valence-electron chi connectivity index (χ0n) is 14.4. The van der Waals surface area contributed by atoms with Gasteiger partial charge in [0.05, 0.1) is 12.6 Å². The predicted octanol–water partition coefficient (Wildman–Crippen LogP) is 3.63. The molecule has 0 atom stereocenters. The van der Waals surface area contributed by atoms with Crippen molar-refractivity contribution in [3.8, 4) is 0 Å². The topological polar surface area (TPSA) is 46.9 Å². The molecule has 3 rings (SSSR count). The summed E-state index contributed by atoms with van der Waals surface area (Å²) >= 11 is 0. The fraction of sp³-hybridized carbons (Fsp3) is 0.300. The zero-order valence-corrected chi connectivity index (χ0v) is 14.4. The Hall–Kier alpha value is -2.44. The second kappa shape index (κ2) is 8.29. The van der Waals surface area contributed by atoms with Crippen LogP contribution in [-0.4, -0.2) is 52.7 Å². The molecule has 2 aromatic rings. The first-order valence-electron chi connectivity index (χ1n) is 8.56. The summed E-state index contributed by atoms with van der Waals surface area (Å²) in [7, 11) is 0. The smallest absolute Gasteiger partial charge is 0.140 e. The average Bonchev–Trinajstić information content (AvgIpc) is 2.66. The van der Waals surface area contributed by atoms with Crippen LogP contribution in [0.3, 0.4) is 0 Å². The van der Waals surface area contributed by atoms with Crippen molar-refractivity contribution >= 4 is 0 Å². The molecule has 0 bridgehead atoms. The maximum absolute atomic E-state index is 13.3. The highest BCUT2D eigenvalue weighted by Crippen LogP contribution is 2.30. The van der Waals surface area contributed by atoms with Gasteiger partial charge in [0.25, 0.3) is 0 Å². The van der Waals surface area contributed by atoms with Crippen LogP contribution in [-0.2, 0) is 0 Å². The lowest BCUT2D eigenvalue weighted by Crippen LogP contribution is -2.48. The van der Waals surface area contributed by atoms with Crippen LogP contribution in [0.15, 0.2) is 60.6 Å². The summed E-state index contributed by atoms with van der Waals surface area (Å²) < 4.78 is 26.7. The highest BCUT2D eigenvalue weighted by atomic mass is 19.1. The third-order valence-corrected chi connectivity index (χ3v) is 4.68. The van der Waals surface area contributed by atoms with Crippen LogP contribution in [0, 0.1) is 11.6 Å². The van der Waals surface area contributed by atoms with Crippen LogP contribution in [0.4, 0.5) is 8.78 Å². The summed E-state index contributed by atoms with van der Waals surface area (Å²) in [5, 5.41) is 18.3. The van der Waals surface area contributed by atoms with Gasteiger partial charge in [-0.25, -0.2) is 8.78 Å². The van der Waals surface area contributed by atoms with Crippen LogP contribution in [0.25, 0.3) is 0 Å². The Bertz CT molecular complexity index is 694. The Morgan fingerprint density at radius 1 is 0.885 bits per heavy atom. The van der Waals surface area contributed by atoms with Gasteiger partial charge in [0.1, 0.15) is 23.7 Å². The van der Waals surface area contributed by atoms with E-state index >= 15 is 0 Å². The van der Waals surface area contributed by atoms with Gasteiger partial charge < -0.3 is 10.2 Å².